The molecule has 0 saturated heterocycles. The summed E-state index contributed by atoms with van der Waals surface area (Å²) in [7, 11) is 7.61. The van der Waals surface area contributed by atoms with Crippen molar-refractivity contribution in [2.45, 2.75) is 27.7 Å². The maximum Gasteiger partial charge on any atom is 0.271 e. The van der Waals surface area contributed by atoms with Crippen LogP contribution < -0.4 is 14.6 Å². The van der Waals surface area contributed by atoms with Gasteiger partial charge in [-0.05, 0) is 24.3 Å². The molecule has 2 aromatic rings. The lowest BCUT2D eigenvalue weighted by Gasteiger charge is -2.23. The summed E-state index contributed by atoms with van der Waals surface area (Å²) in [6, 6.07) is 12.2. The second-order valence-electron chi connectivity index (χ2n) is 6.19. The van der Waals surface area contributed by atoms with E-state index >= 15 is 0 Å². The Bertz CT molecular complexity index is 766. The molecule has 0 atom stereocenters. The Morgan fingerprint density at radius 2 is 1.71 bits per heavy atom. The number of rotatable bonds is 5. The zero-order valence-electron chi connectivity index (χ0n) is 18.3. The van der Waals surface area contributed by atoms with Gasteiger partial charge in [0.1, 0.15) is 17.2 Å². The fourth-order valence-electron chi connectivity index (χ4n) is 2.05. The molecule has 0 aliphatic rings. The highest BCUT2D eigenvalue weighted by Gasteiger charge is 2.14. The van der Waals surface area contributed by atoms with Crippen LogP contribution in [-0.4, -0.2) is 45.5 Å². The third-order valence-corrected chi connectivity index (χ3v) is 3.49. The lowest BCUT2D eigenvalue weighted by Crippen LogP contribution is -2.35. The number of hydrogen-bond acceptors (Lipinski definition) is 4. The maximum atomic E-state index is 12.2. The number of aromatic hydroxyl groups is 1. The van der Waals surface area contributed by atoms with Gasteiger partial charge >= 0.3 is 0 Å². The quantitative estimate of drug-likeness (QED) is 0.453. The molecule has 0 aliphatic carbocycles. The maximum absolute atomic E-state index is 12.2. The van der Waals surface area contributed by atoms with Crippen molar-refractivity contribution in [1.82, 2.24) is 9.91 Å². The fraction of sp³-hybridized carbons (Fsp3) is 0.364. The summed E-state index contributed by atoms with van der Waals surface area (Å²) < 4.78 is 5.63. The van der Waals surface area contributed by atoms with Gasteiger partial charge in [0.2, 0.25) is 0 Å². The Balaban J connectivity index is 0.00000171. The van der Waals surface area contributed by atoms with Crippen LogP contribution in [0.15, 0.2) is 47.6 Å². The monoisotopic (exact) mass is 388 g/mol. The number of benzene rings is 2. The van der Waals surface area contributed by atoms with Crippen LogP contribution in [0.1, 0.15) is 43.6 Å². The van der Waals surface area contributed by atoms with Gasteiger partial charge in [0, 0.05) is 23.3 Å². The molecule has 0 aliphatic heterocycles. The molecule has 0 spiro atoms. The van der Waals surface area contributed by atoms with Crippen LogP contribution in [0.5, 0.6) is 11.5 Å². The summed E-state index contributed by atoms with van der Waals surface area (Å²) in [6.07, 6.45) is 1.39. The topological polar surface area (TPSA) is 70.9 Å². The predicted molar refractivity (Wildman–Crippen MR) is 118 cm³/mol. The molecule has 0 aromatic heterocycles. The molecule has 154 valence electrons. The highest BCUT2D eigenvalue weighted by atomic mass is 16.5. The molecule has 0 radical (unpaired) electrons. The van der Waals surface area contributed by atoms with Crippen molar-refractivity contribution in [1.29, 1.82) is 0 Å². The molecule has 6 heteroatoms. The number of methoxy groups -OCH3 is 1. The van der Waals surface area contributed by atoms with Gasteiger partial charge in [0.15, 0.2) is 0 Å². The van der Waals surface area contributed by atoms with Gasteiger partial charge in [0.05, 0.1) is 34.5 Å². The van der Waals surface area contributed by atoms with Gasteiger partial charge in [-0.2, -0.15) is 5.10 Å². The van der Waals surface area contributed by atoms with Gasteiger partial charge in [-0.1, -0.05) is 33.8 Å². The van der Waals surface area contributed by atoms with Gasteiger partial charge in [-0.15, -0.1) is 0 Å². The Morgan fingerprint density at radius 1 is 1.07 bits per heavy atom. The SMILES string of the molecule is CC.CC.COc1ccc(/C=N/NC(=O)c2cccc([N+](C)(C)C)c2)c(O)c1. The van der Waals surface area contributed by atoms with Crippen molar-refractivity contribution >= 4 is 17.8 Å². The third kappa shape index (κ3) is 7.80. The van der Waals surface area contributed by atoms with Crippen LogP contribution in [0.2, 0.25) is 0 Å². The van der Waals surface area contributed by atoms with E-state index < -0.39 is 0 Å². The van der Waals surface area contributed by atoms with E-state index in [9.17, 15) is 9.90 Å². The fourth-order valence-corrected chi connectivity index (χ4v) is 2.05. The normalized spacial score (nSPS) is 10.3. The molecule has 0 unspecified atom stereocenters. The highest BCUT2D eigenvalue weighted by molar-refractivity contribution is 5.95. The predicted octanol–water partition coefficient (Wildman–Crippen LogP) is 4.41. The Morgan fingerprint density at radius 3 is 2.25 bits per heavy atom. The van der Waals surface area contributed by atoms with Crippen molar-refractivity contribution in [2.24, 2.45) is 5.10 Å². The number of nitrogens with zero attached hydrogens (tertiary/aromatic N) is 2. The van der Waals surface area contributed by atoms with Crippen molar-refractivity contribution in [3.8, 4) is 11.5 Å². The molecule has 28 heavy (non-hydrogen) atoms. The number of carbonyl (C=O) groups is 1. The average Bonchev–Trinajstić information content (AvgIpc) is 2.71. The number of nitrogens with one attached hydrogen (secondary N) is 1. The van der Waals surface area contributed by atoms with Crippen molar-refractivity contribution in [3.05, 3.63) is 53.6 Å². The first kappa shape index (κ1) is 25.1. The van der Waals surface area contributed by atoms with E-state index in [1.807, 2.05) is 67.0 Å². The van der Waals surface area contributed by atoms with Crippen molar-refractivity contribution in [3.63, 3.8) is 0 Å². The minimum atomic E-state index is -0.311. The summed E-state index contributed by atoms with van der Waals surface area (Å²) in [5.41, 5.74) is 4.48. The lowest BCUT2D eigenvalue weighted by atomic mass is 10.1. The zero-order chi connectivity index (χ0) is 21.7. The van der Waals surface area contributed by atoms with E-state index in [1.165, 1.54) is 19.4 Å². The molecule has 2 N–H and O–H groups in total. The summed E-state index contributed by atoms with van der Waals surface area (Å²) in [5.74, 6) is 0.264. The van der Waals surface area contributed by atoms with Gasteiger partial charge in [0.25, 0.3) is 5.91 Å². The second kappa shape index (κ2) is 12.5. The van der Waals surface area contributed by atoms with Crippen LogP contribution in [-0.2, 0) is 0 Å². The molecular formula is C22H34N3O3+. The van der Waals surface area contributed by atoms with Gasteiger partial charge < -0.3 is 9.84 Å². The van der Waals surface area contributed by atoms with Crippen LogP contribution in [0.25, 0.3) is 0 Å². The highest BCUT2D eigenvalue weighted by Crippen LogP contribution is 2.22. The second-order valence-corrected chi connectivity index (χ2v) is 6.19. The van der Waals surface area contributed by atoms with E-state index in [0.29, 0.717) is 21.4 Å². The molecule has 0 heterocycles. The van der Waals surface area contributed by atoms with E-state index in [0.717, 1.165) is 5.69 Å². The number of carbonyl (C=O) groups excluding carboxylic acids is 1. The number of phenols is 1. The Hall–Kier alpha value is -2.86. The number of hydrogen-bond donors (Lipinski definition) is 2. The summed E-state index contributed by atoms with van der Waals surface area (Å²) in [5, 5.41) is 13.7. The number of amides is 1. The first-order chi connectivity index (χ1) is 13.3. The molecule has 0 saturated carbocycles. The van der Waals surface area contributed by atoms with E-state index in [-0.39, 0.29) is 11.7 Å². The van der Waals surface area contributed by atoms with Gasteiger partial charge in [-0.25, -0.2) is 5.43 Å². The molecular weight excluding hydrogens is 354 g/mol. The first-order valence-electron chi connectivity index (χ1n) is 9.44. The minimum absolute atomic E-state index is 0.0272. The van der Waals surface area contributed by atoms with E-state index in [2.05, 4.69) is 10.5 Å². The molecule has 6 nitrogen and oxygen atoms in total. The first-order valence-corrected chi connectivity index (χ1v) is 9.44. The van der Waals surface area contributed by atoms with Gasteiger partial charge in [-0.3, -0.25) is 9.28 Å². The number of quaternary nitrogens is 1. The van der Waals surface area contributed by atoms with Crippen molar-refractivity contribution in [2.75, 3.05) is 28.3 Å². The van der Waals surface area contributed by atoms with E-state index in [1.54, 1.807) is 18.2 Å². The molecule has 1 amide bonds. The van der Waals surface area contributed by atoms with Crippen LogP contribution >= 0.6 is 0 Å². The zero-order valence-corrected chi connectivity index (χ0v) is 18.3. The average molecular weight is 389 g/mol. The van der Waals surface area contributed by atoms with Crippen LogP contribution in [0, 0.1) is 0 Å². The molecule has 0 fully saturated rings. The molecule has 2 aromatic carbocycles. The number of ether oxygens (including phenoxy) is 1. The molecule has 0 bridgehead atoms. The van der Waals surface area contributed by atoms with Crippen LogP contribution in [0.4, 0.5) is 5.69 Å². The minimum Gasteiger partial charge on any atom is -0.507 e. The standard InChI is InChI=1S/C18H21N3O3.2C2H6/c1-21(2,3)15-7-5-6-13(10-15)18(23)20-19-12-14-8-9-16(24-4)11-17(14)22;2*1-2/h5-12H,1-4H3,(H-,19,20,22,23);2*1-2H3/p+1. The van der Waals surface area contributed by atoms with E-state index in [4.69, 9.17) is 4.74 Å². The number of hydrazone groups is 1. The summed E-state index contributed by atoms with van der Waals surface area (Å²) >= 11 is 0. The van der Waals surface area contributed by atoms with Crippen molar-refractivity contribution < 1.29 is 14.6 Å². The van der Waals surface area contributed by atoms with Crippen LogP contribution in [0.3, 0.4) is 0 Å². The summed E-state index contributed by atoms with van der Waals surface area (Å²) in [4.78, 5) is 12.2. The third-order valence-electron chi connectivity index (χ3n) is 3.49. The summed E-state index contributed by atoms with van der Waals surface area (Å²) in [6.45, 7) is 8.00. The number of phenolic OH excluding ortho intramolecular Hbond substituents is 1. The molecule has 2 rings (SSSR count). The largest absolute Gasteiger partial charge is 0.507 e. The Labute approximate surface area is 169 Å². The lowest BCUT2D eigenvalue weighted by molar-refractivity contribution is 0.0955. The smallest absolute Gasteiger partial charge is 0.271 e. The Kier molecular flexibility index (Phi) is 11.2.